The number of fused-ring (bicyclic) bond motifs is 1. The van der Waals surface area contributed by atoms with Gasteiger partial charge in [0.15, 0.2) is 5.78 Å². The van der Waals surface area contributed by atoms with Gasteiger partial charge >= 0.3 is 0 Å². The molecule has 0 spiro atoms. The van der Waals surface area contributed by atoms with Crippen LogP contribution in [0, 0.1) is 19.8 Å². The van der Waals surface area contributed by atoms with E-state index in [1.165, 1.54) is 5.56 Å². The van der Waals surface area contributed by atoms with E-state index in [0.29, 0.717) is 17.7 Å². The number of Topliss-reactive ketones (excluding diaryl/α,β-unsaturated/α-hetero) is 1. The number of amides is 1. The summed E-state index contributed by atoms with van der Waals surface area (Å²) in [6.45, 7) is 8.25. The highest BCUT2D eigenvalue weighted by Crippen LogP contribution is 2.27. The van der Waals surface area contributed by atoms with Crippen molar-refractivity contribution in [1.29, 1.82) is 0 Å². The van der Waals surface area contributed by atoms with Crippen LogP contribution in [0.4, 0.5) is 0 Å². The maximum Gasteiger partial charge on any atom is 0.253 e. The topological polar surface area (TPSA) is 54.7 Å². The summed E-state index contributed by atoms with van der Waals surface area (Å²) < 4.78 is 2.07. The van der Waals surface area contributed by atoms with E-state index in [9.17, 15) is 9.59 Å². The Balaban J connectivity index is 1.67. The molecule has 2 heterocycles. The third-order valence-corrected chi connectivity index (χ3v) is 5.86. The highest BCUT2D eigenvalue weighted by molar-refractivity contribution is 5.99. The first-order valence-electron chi connectivity index (χ1n) is 11.2. The molecule has 5 heteroatoms. The Morgan fingerprint density at radius 2 is 1.48 bits per heavy atom. The van der Waals surface area contributed by atoms with Gasteiger partial charge in [0.1, 0.15) is 5.65 Å². The Kier molecular flexibility index (Phi) is 6.14. The van der Waals surface area contributed by atoms with Crippen LogP contribution >= 0.6 is 0 Å². The molecule has 0 bridgehead atoms. The molecule has 2 aromatic heterocycles. The van der Waals surface area contributed by atoms with E-state index in [1.54, 1.807) is 36.2 Å². The summed E-state index contributed by atoms with van der Waals surface area (Å²) in [4.78, 5) is 32.0. The van der Waals surface area contributed by atoms with Crippen LogP contribution in [0.3, 0.4) is 0 Å². The van der Waals surface area contributed by atoms with Crippen LogP contribution in [-0.4, -0.2) is 33.0 Å². The van der Waals surface area contributed by atoms with Crippen molar-refractivity contribution in [2.45, 2.75) is 34.2 Å². The van der Waals surface area contributed by atoms with Gasteiger partial charge in [0.05, 0.1) is 17.9 Å². The number of hydrogen-bond donors (Lipinski definition) is 0. The van der Waals surface area contributed by atoms with Crippen LogP contribution in [-0.2, 0) is 6.54 Å². The number of carbonyl (C=O) groups excluding carboxylic acids is 2. The van der Waals surface area contributed by atoms with Crippen LogP contribution in [0.2, 0.25) is 0 Å². The molecule has 5 nitrogen and oxygen atoms in total. The lowest BCUT2D eigenvalue weighted by Gasteiger charge is -2.18. The number of carbonyl (C=O) groups is 2. The van der Waals surface area contributed by atoms with Gasteiger partial charge in [-0.25, -0.2) is 4.98 Å². The van der Waals surface area contributed by atoms with Crippen molar-refractivity contribution in [2.24, 2.45) is 5.92 Å². The second kappa shape index (κ2) is 9.02. The molecule has 0 atom stereocenters. The first-order valence-corrected chi connectivity index (χ1v) is 11.2. The number of benzene rings is 2. The third kappa shape index (κ3) is 4.58. The summed E-state index contributed by atoms with van der Waals surface area (Å²) in [6.07, 6.45) is 2.06. The molecule has 2 aromatic carbocycles. The molecule has 1 amide bonds. The number of rotatable bonds is 6. The minimum atomic E-state index is -0.101. The first-order chi connectivity index (χ1) is 15.7. The Bertz CT molecular complexity index is 1320. The van der Waals surface area contributed by atoms with Gasteiger partial charge in [-0.3, -0.25) is 9.59 Å². The van der Waals surface area contributed by atoms with Crippen molar-refractivity contribution in [2.75, 3.05) is 7.05 Å². The van der Waals surface area contributed by atoms with Crippen molar-refractivity contribution in [3.63, 3.8) is 0 Å². The van der Waals surface area contributed by atoms with Crippen molar-refractivity contribution in [3.8, 4) is 11.3 Å². The van der Waals surface area contributed by atoms with Gasteiger partial charge < -0.3 is 9.30 Å². The number of imidazole rings is 1. The predicted octanol–water partition coefficient (Wildman–Crippen LogP) is 5.73. The largest absolute Gasteiger partial charge is 0.336 e. The highest BCUT2D eigenvalue weighted by Gasteiger charge is 2.20. The molecule has 0 N–H and O–H groups in total. The lowest BCUT2D eigenvalue weighted by Crippen LogP contribution is -2.27. The van der Waals surface area contributed by atoms with E-state index >= 15 is 0 Å². The smallest absolute Gasteiger partial charge is 0.253 e. The fraction of sp³-hybridized carbons (Fsp3) is 0.250. The summed E-state index contributed by atoms with van der Waals surface area (Å²) in [6, 6.07) is 19.3. The molecule has 0 unspecified atom stereocenters. The number of ketones is 1. The maximum absolute atomic E-state index is 13.2. The van der Waals surface area contributed by atoms with E-state index in [4.69, 9.17) is 4.98 Å². The Labute approximate surface area is 194 Å². The molecule has 168 valence electrons. The molecule has 0 aliphatic heterocycles. The number of nitrogens with zero attached hydrogens (tertiary/aromatic N) is 3. The Hall–Kier alpha value is -3.73. The summed E-state index contributed by atoms with van der Waals surface area (Å²) >= 11 is 0. The lowest BCUT2D eigenvalue weighted by molar-refractivity contribution is 0.0782. The fourth-order valence-electron chi connectivity index (χ4n) is 3.92. The molecule has 0 fully saturated rings. The van der Waals surface area contributed by atoms with Crippen molar-refractivity contribution in [3.05, 3.63) is 94.8 Å². The average Bonchev–Trinajstić information content (AvgIpc) is 3.16. The minimum absolute atomic E-state index is 0.0752. The molecule has 4 aromatic rings. The maximum atomic E-state index is 13.2. The summed E-state index contributed by atoms with van der Waals surface area (Å²) in [5.41, 5.74) is 7.20. The molecule has 0 saturated carbocycles. The summed E-state index contributed by atoms with van der Waals surface area (Å²) in [5.74, 6) is -0.102. The van der Waals surface area contributed by atoms with Crippen molar-refractivity contribution in [1.82, 2.24) is 14.3 Å². The molecular formula is C28H29N3O2. The number of aromatic nitrogens is 2. The zero-order valence-corrected chi connectivity index (χ0v) is 19.8. The highest BCUT2D eigenvalue weighted by atomic mass is 16.2. The van der Waals surface area contributed by atoms with E-state index in [0.717, 1.165) is 28.2 Å². The molecule has 0 radical (unpaired) electrons. The van der Waals surface area contributed by atoms with E-state index in [2.05, 4.69) is 41.8 Å². The van der Waals surface area contributed by atoms with E-state index in [1.807, 2.05) is 32.9 Å². The second-order valence-electron chi connectivity index (χ2n) is 8.97. The lowest BCUT2D eigenvalue weighted by atomic mass is 10.00. The first kappa shape index (κ1) is 22.5. The van der Waals surface area contributed by atoms with Gasteiger partial charge in [-0.05, 0) is 37.6 Å². The quantitative estimate of drug-likeness (QED) is 0.361. The zero-order chi connectivity index (χ0) is 23.7. The van der Waals surface area contributed by atoms with Gasteiger partial charge in [0.25, 0.3) is 5.91 Å². The van der Waals surface area contributed by atoms with Gasteiger partial charge in [-0.15, -0.1) is 0 Å². The van der Waals surface area contributed by atoms with Crippen LogP contribution < -0.4 is 0 Å². The van der Waals surface area contributed by atoms with Crippen molar-refractivity contribution < 1.29 is 9.59 Å². The van der Waals surface area contributed by atoms with Crippen LogP contribution in [0.1, 0.15) is 51.4 Å². The Morgan fingerprint density at radius 3 is 2.12 bits per heavy atom. The van der Waals surface area contributed by atoms with Gasteiger partial charge in [-0.2, -0.15) is 0 Å². The standard InChI is InChI=1S/C28H29N3O2/c1-18(2)27(32)22-11-13-23(14-12-22)28(33)30(5)17-24-26(21-9-6-19(3)7-10-21)29-25-15-8-20(4)16-31(24)25/h6-16,18H,17H2,1-5H3. The average molecular weight is 440 g/mol. The minimum Gasteiger partial charge on any atom is -0.336 e. The molecular weight excluding hydrogens is 410 g/mol. The van der Waals surface area contributed by atoms with Crippen LogP contribution in [0.25, 0.3) is 16.9 Å². The zero-order valence-electron chi connectivity index (χ0n) is 19.8. The summed E-state index contributed by atoms with van der Waals surface area (Å²) in [5, 5.41) is 0. The number of hydrogen-bond acceptors (Lipinski definition) is 3. The molecule has 4 rings (SSSR count). The van der Waals surface area contributed by atoms with Gasteiger partial charge in [0, 0.05) is 35.9 Å². The van der Waals surface area contributed by atoms with Gasteiger partial charge in [-0.1, -0.05) is 61.9 Å². The van der Waals surface area contributed by atoms with Crippen LogP contribution in [0.5, 0.6) is 0 Å². The van der Waals surface area contributed by atoms with Crippen molar-refractivity contribution >= 4 is 17.3 Å². The van der Waals surface area contributed by atoms with E-state index in [-0.39, 0.29) is 17.6 Å². The normalized spacial score (nSPS) is 11.2. The SMILES string of the molecule is Cc1ccc(-c2nc3ccc(C)cn3c2CN(C)C(=O)c2ccc(C(=O)C(C)C)cc2)cc1. The third-order valence-electron chi connectivity index (χ3n) is 5.86. The second-order valence-corrected chi connectivity index (χ2v) is 8.97. The van der Waals surface area contributed by atoms with Gasteiger partial charge in [0.2, 0.25) is 0 Å². The Morgan fingerprint density at radius 1 is 0.879 bits per heavy atom. The molecule has 33 heavy (non-hydrogen) atoms. The van der Waals surface area contributed by atoms with E-state index < -0.39 is 0 Å². The predicted molar refractivity (Wildman–Crippen MR) is 132 cm³/mol. The summed E-state index contributed by atoms with van der Waals surface area (Å²) in [7, 11) is 1.80. The molecule has 0 saturated heterocycles. The number of aryl methyl sites for hydroxylation is 2. The molecule has 0 aliphatic carbocycles. The fourth-order valence-corrected chi connectivity index (χ4v) is 3.92. The van der Waals surface area contributed by atoms with Crippen LogP contribution in [0.15, 0.2) is 66.9 Å². The molecule has 0 aliphatic rings. The number of pyridine rings is 1. The monoisotopic (exact) mass is 439 g/mol.